The molecule has 6 nitrogen and oxygen atoms in total. The van der Waals surface area contributed by atoms with Crippen LogP contribution in [0.2, 0.25) is 0 Å². The molecule has 0 radical (unpaired) electrons. The minimum Gasteiger partial charge on any atom is -0.389 e. The van der Waals surface area contributed by atoms with Crippen LogP contribution in [0.5, 0.6) is 0 Å². The third-order valence-corrected chi connectivity index (χ3v) is 2.88. The molecular weight excluding hydrogens is 258 g/mol. The minimum atomic E-state index is -0.819. The quantitative estimate of drug-likeness (QED) is 0.684. The van der Waals surface area contributed by atoms with E-state index in [4.69, 9.17) is 0 Å². The average Bonchev–Trinajstić information content (AvgIpc) is 2.35. The summed E-state index contributed by atoms with van der Waals surface area (Å²) in [5, 5.41) is 21.3. The second kappa shape index (κ2) is 5.05. The molecule has 0 aliphatic heterocycles. The Kier molecular flexibility index (Phi) is 3.59. The van der Waals surface area contributed by atoms with Crippen molar-refractivity contribution in [3.8, 4) is 0 Å². The molecule has 0 bridgehead atoms. The zero-order valence-electron chi connectivity index (χ0n) is 11.7. The van der Waals surface area contributed by atoms with Gasteiger partial charge in [0.25, 0.3) is 5.69 Å². The van der Waals surface area contributed by atoms with E-state index in [1.165, 1.54) is 12.1 Å². The van der Waals surface area contributed by atoms with Gasteiger partial charge in [-0.25, -0.2) is 4.98 Å². The summed E-state index contributed by atoms with van der Waals surface area (Å²) in [5.41, 5.74) is -0.0754. The van der Waals surface area contributed by atoms with Crippen LogP contribution < -0.4 is 4.90 Å². The highest BCUT2D eigenvalue weighted by Crippen LogP contribution is 2.22. The monoisotopic (exact) mass is 275 g/mol. The van der Waals surface area contributed by atoms with E-state index >= 15 is 0 Å². The van der Waals surface area contributed by atoms with Crippen molar-refractivity contribution in [1.82, 2.24) is 4.98 Å². The number of aromatic nitrogens is 1. The summed E-state index contributed by atoms with van der Waals surface area (Å²) in [4.78, 5) is 16.6. The maximum Gasteiger partial charge on any atom is 0.270 e. The van der Waals surface area contributed by atoms with E-state index in [1.54, 1.807) is 32.0 Å². The molecule has 6 heteroatoms. The summed E-state index contributed by atoms with van der Waals surface area (Å²) in [6, 6.07) is 8.16. The van der Waals surface area contributed by atoms with Crippen LogP contribution in [-0.4, -0.2) is 34.2 Å². The van der Waals surface area contributed by atoms with Gasteiger partial charge in [0.1, 0.15) is 5.82 Å². The summed E-state index contributed by atoms with van der Waals surface area (Å²) < 4.78 is 0. The predicted octanol–water partition coefficient (Wildman–Crippen LogP) is 2.35. The number of hydrogen-bond donors (Lipinski definition) is 1. The maximum absolute atomic E-state index is 10.7. The van der Waals surface area contributed by atoms with Crippen molar-refractivity contribution in [2.75, 3.05) is 18.5 Å². The Morgan fingerprint density at radius 1 is 1.35 bits per heavy atom. The predicted molar refractivity (Wildman–Crippen MR) is 78.0 cm³/mol. The fraction of sp³-hybridized carbons (Fsp3) is 0.357. The molecule has 0 fully saturated rings. The molecule has 0 aliphatic rings. The van der Waals surface area contributed by atoms with Crippen LogP contribution in [0.1, 0.15) is 13.8 Å². The largest absolute Gasteiger partial charge is 0.389 e. The molecule has 0 unspecified atom stereocenters. The van der Waals surface area contributed by atoms with Crippen LogP contribution in [0.3, 0.4) is 0 Å². The standard InChI is InChI=1S/C14H17N3O3/c1-14(2,18)9-16(3)13-7-4-10-8-11(17(19)20)5-6-12(10)15-13/h4-8,18H,9H2,1-3H3. The van der Waals surface area contributed by atoms with E-state index < -0.39 is 10.5 Å². The number of fused-ring (bicyclic) bond motifs is 1. The van der Waals surface area contributed by atoms with Crippen LogP contribution in [0.15, 0.2) is 30.3 Å². The lowest BCUT2D eigenvalue weighted by atomic mass is 10.1. The smallest absolute Gasteiger partial charge is 0.270 e. The van der Waals surface area contributed by atoms with Crippen molar-refractivity contribution in [2.24, 2.45) is 0 Å². The fourth-order valence-electron chi connectivity index (χ4n) is 2.09. The molecule has 0 saturated carbocycles. The van der Waals surface area contributed by atoms with Crippen molar-refractivity contribution < 1.29 is 10.0 Å². The lowest BCUT2D eigenvalue weighted by molar-refractivity contribution is -0.384. The van der Waals surface area contributed by atoms with Gasteiger partial charge in [0.15, 0.2) is 0 Å². The number of nitro groups is 1. The van der Waals surface area contributed by atoms with Crippen LogP contribution in [0.25, 0.3) is 10.9 Å². The number of aliphatic hydroxyl groups is 1. The molecule has 0 amide bonds. The molecule has 0 saturated heterocycles. The molecular formula is C14H17N3O3. The van der Waals surface area contributed by atoms with Crippen LogP contribution in [0.4, 0.5) is 11.5 Å². The fourth-order valence-corrected chi connectivity index (χ4v) is 2.09. The summed E-state index contributed by atoms with van der Waals surface area (Å²) in [6.45, 7) is 3.90. The summed E-state index contributed by atoms with van der Waals surface area (Å²) in [6.07, 6.45) is 0. The molecule has 1 N–H and O–H groups in total. The minimum absolute atomic E-state index is 0.0527. The van der Waals surface area contributed by atoms with Gasteiger partial charge in [0.05, 0.1) is 16.0 Å². The van der Waals surface area contributed by atoms with E-state index in [0.717, 1.165) is 5.39 Å². The highest BCUT2D eigenvalue weighted by molar-refractivity contribution is 5.82. The van der Waals surface area contributed by atoms with Gasteiger partial charge >= 0.3 is 0 Å². The summed E-state index contributed by atoms with van der Waals surface area (Å²) >= 11 is 0. The number of benzene rings is 1. The van der Waals surface area contributed by atoms with Gasteiger partial charge in [-0.05, 0) is 32.0 Å². The summed E-state index contributed by atoms with van der Waals surface area (Å²) in [7, 11) is 1.84. The van der Waals surface area contributed by atoms with Gasteiger partial charge in [-0.1, -0.05) is 0 Å². The number of pyridine rings is 1. The molecule has 0 aliphatic carbocycles. The SMILES string of the molecule is CN(CC(C)(C)O)c1ccc2cc([N+](=O)[O-])ccc2n1. The first-order valence-corrected chi connectivity index (χ1v) is 6.25. The molecule has 1 heterocycles. The lowest BCUT2D eigenvalue weighted by Gasteiger charge is -2.26. The first kappa shape index (κ1) is 14.2. The molecule has 1 aromatic heterocycles. The number of likely N-dealkylation sites (N-methyl/N-ethyl adjacent to an activating group) is 1. The Morgan fingerprint density at radius 2 is 2.05 bits per heavy atom. The Balaban J connectivity index is 2.35. The highest BCUT2D eigenvalue weighted by Gasteiger charge is 2.17. The van der Waals surface area contributed by atoms with Gasteiger partial charge < -0.3 is 10.0 Å². The molecule has 0 spiro atoms. The Morgan fingerprint density at radius 3 is 2.65 bits per heavy atom. The highest BCUT2D eigenvalue weighted by atomic mass is 16.6. The van der Waals surface area contributed by atoms with Crippen LogP contribution in [0, 0.1) is 10.1 Å². The second-order valence-corrected chi connectivity index (χ2v) is 5.47. The van der Waals surface area contributed by atoms with E-state index in [1.807, 2.05) is 11.9 Å². The topological polar surface area (TPSA) is 79.5 Å². The number of rotatable bonds is 4. The lowest BCUT2D eigenvalue weighted by Crippen LogP contribution is -2.36. The van der Waals surface area contributed by atoms with Crippen LogP contribution in [-0.2, 0) is 0 Å². The Bertz CT molecular complexity index is 650. The van der Waals surface area contributed by atoms with E-state index in [-0.39, 0.29) is 5.69 Å². The zero-order chi connectivity index (χ0) is 14.9. The van der Waals surface area contributed by atoms with E-state index in [2.05, 4.69) is 4.98 Å². The van der Waals surface area contributed by atoms with Gasteiger partial charge in [-0.15, -0.1) is 0 Å². The molecule has 0 atom stereocenters. The Labute approximate surface area is 116 Å². The number of non-ortho nitro benzene ring substituents is 1. The van der Waals surface area contributed by atoms with Crippen molar-refractivity contribution in [3.05, 3.63) is 40.4 Å². The Hall–Kier alpha value is -2.21. The first-order valence-electron chi connectivity index (χ1n) is 6.25. The number of anilines is 1. The van der Waals surface area contributed by atoms with Crippen molar-refractivity contribution in [2.45, 2.75) is 19.4 Å². The molecule has 2 aromatic rings. The molecule has 20 heavy (non-hydrogen) atoms. The van der Waals surface area contributed by atoms with E-state index in [0.29, 0.717) is 17.9 Å². The molecule has 106 valence electrons. The second-order valence-electron chi connectivity index (χ2n) is 5.47. The number of nitrogens with zero attached hydrogens (tertiary/aromatic N) is 3. The van der Waals surface area contributed by atoms with E-state index in [9.17, 15) is 15.2 Å². The normalized spacial score (nSPS) is 11.6. The molecule has 1 aromatic carbocycles. The van der Waals surface area contributed by atoms with Crippen molar-refractivity contribution in [1.29, 1.82) is 0 Å². The first-order chi connectivity index (χ1) is 9.26. The third kappa shape index (κ3) is 3.21. The maximum atomic E-state index is 10.7. The third-order valence-electron chi connectivity index (χ3n) is 2.88. The van der Waals surface area contributed by atoms with Gasteiger partial charge in [-0.3, -0.25) is 10.1 Å². The van der Waals surface area contributed by atoms with Gasteiger partial charge in [-0.2, -0.15) is 0 Å². The van der Waals surface area contributed by atoms with Crippen LogP contribution >= 0.6 is 0 Å². The van der Waals surface area contributed by atoms with Crippen molar-refractivity contribution in [3.63, 3.8) is 0 Å². The number of hydrogen-bond acceptors (Lipinski definition) is 5. The van der Waals surface area contributed by atoms with Crippen molar-refractivity contribution >= 4 is 22.4 Å². The van der Waals surface area contributed by atoms with Gasteiger partial charge in [0.2, 0.25) is 0 Å². The average molecular weight is 275 g/mol. The zero-order valence-corrected chi connectivity index (χ0v) is 11.7. The molecule has 2 rings (SSSR count). The number of nitro benzene ring substituents is 1. The van der Waals surface area contributed by atoms with Gasteiger partial charge in [0, 0.05) is 31.1 Å². The summed E-state index contributed by atoms with van der Waals surface area (Å²) in [5.74, 6) is 0.716.